The minimum Gasteiger partial charge on any atom is -0.459 e. The molecular weight excluding hydrogens is 233 g/mol. The van der Waals surface area contributed by atoms with Crippen LogP contribution in [0.5, 0.6) is 0 Å². The Morgan fingerprint density at radius 1 is 1.33 bits per heavy atom. The van der Waals surface area contributed by atoms with Gasteiger partial charge in [-0.05, 0) is 43.2 Å². The summed E-state index contributed by atoms with van der Waals surface area (Å²) in [4.78, 5) is 15.3. The lowest BCUT2D eigenvalue weighted by atomic mass is 9.80. The van der Waals surface area contributed by atoms with Gasteiger partial charge in [0.1, 0.15) is 6.10 Å². The zero-order valence-corrected chi connectivity index (χ0v) is 10.7. The zero-order valence-electron chi connectivity index (χ0n) is 10.7. The molecule has 0 bridgehead atoms. The van der Waals surface area contributed by atoms with E-state index < -0.39 is 11.9 Å². The molecule has 3 nitrogen and oxygen atoms in total. The summed E-state index contributed by atoms with van der Waals surface area (Å²) in [6.45, 7) is 4.41. The molecule has 1 aliphatic carbocycles. The number of ether oxygens (including phenoxy) is 1. The number of carbonyl (C=O) groups is 1. The van der Waals surface area contributed by atoms with Gasteiger partial charge in [-0.15, -0.1) is 0 Å². The number of hydrogen-bond acceptors (Lipinski definition) is 3. The predicted molar refractivity (Wildman–Crippen MR) is 65.6 cm³/mol. The number of nitrogens with zero attached hydrogens (tertiary/aromatic N) is 1. The summed E-state index contributed by atoms with van der Waals surface area (Å²) < 4.78 is 18.1. The van der Waals surface area contributed by atoms with E-state index in [1.54, 1.807) is 0 Å². The lowest BCUT2D eigenvalue weighted by Crippen LogP contribution is -2.28. The Labute approximate surface area is 106 Å². The van der Waals surface area contributed by atoms with Gasteiger partial charge in [0.05, 0.1) is 5.56 Å². The lowest BCUT2D eigenvalue weighted by molar-refractivity contribution is 0.00874. The Balaban J connectivity index is 1.93. The third-order valence-electron chi connectivity index (χ3n) is 3.79. The smallest absolute Gasteiger partial charge is 0.339 e. The molecule has 0 amide bonds. The maximum absolute atomic E-state index is 12.6. The Hall–Kier alpha value is -1.45. The third-order valence-corrected chi connectivity index (χ3v) is 3.79. The molecule has 3 unspecified atom stereocenters. The zero-order chi connectivity index (χ0) is 13.1. The molecule has 1 aliphatic rings. The van der Waals surface area contributed by atoms with Crippen molar-refractivity contribution in [2.75, 3.05) is 0 Å². The Kier molecular flexibility index (Phi) is 3.94. The molecule has 0 aromatic carbocycles. The second-order valence-corrected chi connectivity index (χ2v) is 5.16. The molecular formula is C14H18FNO2. The fraction of sp³-hybridized carbons (Fsp3) is 0.571. The van der Waals surface area contributed by atoms with Crippen molar-refractivity contribution in [1.29, 1.82) is 0 Å². The molecule has 0 saturated heterocycles. The quantitative estimate of drug-likeness (QED) is 0.598. The van der Waals surface area contributed by atoms with Gasteiger partial charge >= 0.3 is 5.97 Å². The highest BCUT2D eigenvalue weighted by atomic mass is 19.1. The molecule has 18 heavy (non-hydrogen) atoms. The second-order valence-electron chi connectivity index (χ2n) is 5.16. The number of hydrogen-bond donors (Lipinski definition) is 0. The van der Waals surface area contributed by atoms with Crippen molar-refractivity contribution in [3.63, 3.8) is 0 Å². The molecule has 1 aromatic rings. The number of halogens is 1. The number of pyridine rings is 1. The van der Waals surface area contributed by atoms with Crippen molar-refractivity contribution in [2.45, 2.75) is 39.2 Å². The Morgan fingerprint density at radius 3 is 2.72 bits per heavy atom. The molecule has 0 aliphatic heterocycles. The molecule has 3 atom stereocenters. The van der Waals surface area contributed by atoms with Crippen molar-refractivity contribution in [3.05, 3.63) is 29.8 Å². The van der Waals surface area contributed by atoms with Crippen molar-refractivity contribution in [3.8, 4) is 0 Å². The van der Waals surface area contributed by atoms with Gasteiger partial charge in [-0.1, -0.05) is 13.8 Å². The van der Waals surface area contributed by atoms with Crippen LogP contribution in [0.3, 0.4) is 0 Å². The van der Waals surface area contributed by atoms with Gasteiger partial charge < -0.3 is 4.74 Å². The number of carbonyl (C=O) groups excluding carboxylic acids is 1. The molecule has 98 valence electrons. The van der Waals surface area contributed by atoms with Crippen LogP contribution < -0.4 is 0 Å². The molecule has 1 saturated carbocycles. The summed E-state index contributed by atoms with van der Waals surface area (Å²) in [6, 6.07) is 2.57. The summed E-state index contributed by atoms with van der Waals surface area (Å²) in [5.41, 5.74) is 0.308. The normalized spacial score (nSPS) is 27.8. The van der Waals surface area contributed by atoms with Crippen LogP contribution >= 0.6 is 0 Å². The van der Waals surface area contributed by atoms with Crippen LogP contribution in [0, 0.1) is 17.8 Å². The van der Waals surface area contributed by atoms with E-state index in [4.69, 9.17) is 4.74 Å². The van der Waals surface area contributed by atoms with E-state index in [0.717, 1.165) is 19.3 Å². The highest BCUT2D eigenvalue weighted by Crippen LogP contribution is 2.31. The summed E-state index contributed by atoms with van der Waals surface area (Å²) in [6.07, 6.45) is 4.09. The largest absolute Gasteiger partial charge is 0.459 e. The minimum atomic E-state index is -0.591. The maximum Gasteiger partial charge on any atom is 0.339 e. The van der Waals surface area contributed by atoms with Crippen LogP contribution in [-0.2, 0) is 4.74 Å². The van der Waals surface area contributed by atoms with Crippen LogP contribution in [-0.4, -0.2) is 17.1 Å². The number of rotatable bonds is 2. The summed E-state index contributed by atoms with van der Waals surface area (Å²) >= 11 is 0. The maximum atomic E-state index is 12.6. The predicted octanol–water partition coefficient (Wildman–Crippen LogP) is 3.20. The lowest BCUT2D eigenvalue weighted by Gasteiger charge is -2.31. The van der Waals surface area contributed by atoms with E-state index in [1.165, 1.54) is 18.3 Å². The molecule has 1 heterocycles. The van der Waals surface area contributed by atoms with E-state index in [0.29, 0.717) is 17.4 Å². The van der Waals surface area contributed by atoms with E-state index in [2.05, 4.69) is 18.8 Å². The van der Waals surface area contributed by atoms with Crippen molar-refractivity contribution < 1.29 is 13.9 Å². The standard InChI is InChI=1S/C14H18FNO2/c1-9-3-5-12(7-10(9)2)18-14(17)11-4-6-13(15)16-8-11/h4,6,8-10,12H,3,5,7H2,1-2H3. The van der Waals surface area contributed by atoms with Crippen molar-refractivity contribution in [1.82, 2.24) is 4.98 Å². The number of esters is 1. The second kappa shape index (κ2) is 5.46. The van der Waals surface area contributed by atoms with Gasteiger partial charge in [0.25, 0.3) is 0 Å². The average molecular weight is 251 g/mol. The summed E-state index contributed by atoms with van der Waals surface area (Å²) in [5.74, 6) is 0.260. The average Bonchev–Trinajstić information content (AvgIpc) is 2.34. The molecule has 0 radical (unpaired) electrons. The van der Waals surface area contributed by atoms with Crippen LogP contribution in [0.4, 0.5) is 4.39 Å². The van der Waals surface area contributed by atoms with Crippen molar-refractivity contribution >= 4 is 5.97 Å². The molecule has 4 heteroatoms. The summed E-state index contributed by atoms with van der Waals surface area (Å²) in [5, 5.41) is 0. The fourth-order valence-corrected chi connectivity index (χ4v) is 2.32. The molecule has 1 fully saturated rings. The van der Waals surface area contributed by atoms with Crippen LogP contribution in [0.25, 0.3) is 0 Å². The van der Waals surface area contributed by atoms with E-state index in [-0.39, 0.29) is 6.10 Å². The van der Waals surface area contributed by atoms with Gasteiger partial charge in [0.15, 0.2) is 0 Å². The van der Waals surface area contributed by atoms with Gasteiger partial charge in [-0.2, -0.15) is 4.39 Å². The van der Waals surface area contributed by atoms with E-state index in [9.17, 15) is 9.18 Å². The van der Waals surface area contributed by atoms with Crippen LogP contribution in [0.1, 0.15) is 43.5 Å². The first kappa shape index (κ1) is 13.0. The third kappa shape index (κ3) is 3.06. The van der Waals surface area contributed by atoms with Gasteiger partial charge in [0.2, 0.25) is 5.95 Å². The molecule has 0 spiro atoms. The first-order valence-electron chi connectivity index (χ1n) is 6.39. The topological polar surface area (TPSA) is 39.2 Å². The Morgan fingerprint density at radius 2 is 2.11 bits per heavy atom. The highest BCUT2D eigenvalue weighted by molar-refractivity contribution is 5.89. The minimum absolute atomic E-state index is 0.0197. The van der Waals surface area contributed by atoms with E-state index >= 15 is 0 Å². The first-order valence-corrected chi connectivity index (χ1v) is 6.39. The van der Waals surface area contributed by atoms with Gasteiger partial charge in [-0.3, -0.25) is 0 Å². The van der Waals surface area contributed by atoms with Crippen LogP contribution in [0.2, 0.25) is 0 Å². The van der Waals surface area contributed by atoms with E-state index in [1.807, 2.05) is 0 Å². The molecule has 2 rings (SSSR count). The molecule has 0 N–H and O–H groups in total. The van der Waals surface area contributed by atoms with Crippen molar-refractivity contribution in [2.24, 2.45) is 11.8 Å². The van der Waals surface area contributed by atoms with Gasteiger partial charge in [-0.25, -0.2) is 9.78 Å². The monoisotopic (exact) mass is 251 g/mol. The van der Waals surface area contributed by atoms with Crippen LogP contribution in [0.15, 0.2) is 18.3 Å². The summed E-state index contributed by atoms with van der Waals surface area (Å²) in [7, 11) is 0. The fourth-order valence-electron chi connectivity index (χ4n) is 2.32. The first-order chi connectivity index (χ1) is 8.56. The molecule has 1 aromatic heterocycles. The Bertz CT molecular complexity index is 418. The number of aromatic nitrogens is 1. The highest BCUT2D eigenvalue weighted by Gasteiger charge is 2.27. The SMILES string of the molecule is CC1CCC(OC(=O)c2ccc(F)nc2)CC1C. The van der Waals surface area contributed by atoms with Gasteiger partial charge in [0, 0.05) is 6.20 Å².